The van der Waals surface area contributed by atoms with Gasteiger partial charge in [-0.15, -0.1) is 15.3 Å². The highest BCUT2D eigenvalue weighted by Gasteiger charge is 2.30. The Hall–Kier alpha value is -4.15. The number of carbonyl (C=O) groups is 1. The summed E-state index contributed by atoms with van der Waals surface area (Å²) in [6, 6.07) is 17.2. The highest BCUT2D eigenvalue weighted by Crippen LogP contribution is 2.31. The minimum atomic E-state index is -4.49. The highest BCUT2D eigenvalue weighted by atomic mass is 19.4. The summed E-state index contributed by atoms with van der Waals surface area (Å²) in [5, 5.41) is 15.3. The van der Waals surface area contributed by atoms with Crippen molar-refractivity contribution in [2.45, 2.75) is 19.2 Å². The van der Waals surface area contributed by atoms with Crippen molar-refractivity contribution < 1.29 is 27.4 Å². The first kappa shape index (κ1) is 23.0. The Morgan fingerprint density at radius 2 is 1.85 bits per heavy atom. The standard InChI is InChI=1S/C23H20F3N5O3/c1-15(34-18-9-5-8-17(14-18)23(24,25)26)22(32)27-12-13-33-20-11-10-19-28-29-21(31(19)30-20)16-6-3-2-4-7-16/h2-11,14-15H,12-13H2,1H3,(H,27,32). The smallest absolute Gasteiger partial charge is 0.416 e. The number of halogens is 3. The lowest BCUT2D eigenvalue weighted by molar-refractivity contribution is -0.137. The number of nitrogens with zero attached hydrogens (tertiary/aromatic N) is 4. The van der Waals surface area contributed by atoms with E-state index in [0.717, 1.165) is 17.7 Å². The average Bonchev–Trinajstić information content (AvgIpc) is 3.25. The van der Waals surface area contributed by atoms with Gasteiger partial charge < -0.3 is 14.8 Å². The Kier molecular flexibility index (Phi) is 6.62. The predicted molar refractivity (Wildman–Crippen MR) is 116 cm³/mol. The zero-order valence-electron chi connectivity index (χ0n) is 18.0. The van der Waals surface area contributed by atoms with Crippen molar-refractivity contribution in [1.29, 1.82) is 0 Å². The van der Waals surface area contributed by atoms with Crippen LogP contribution in [0.5, 0.6) is 11.6 Å². The molecule has 0 aliphatic heterocycles. The molecule has 0 saturated carbocycles. The monoisotopic (exact) mass is 471 g/mol. The van der Waals surface area contributed by atoms with Crippen molar-refractivity contribution in [1.82, 2.24) is 25.1 Å². The summed E-state index contributed by atoms with van der Waals surface area (Å²) in [5.74, 6) is 0.339. The number of amides is 1. The Morgan fingerprint density at radius 3 is 2.62 bits per heavy atom. The maximum atomic E-state index is 12.8. The Balaban J connectivity index is 1.30. The van der Waals surface area contributed by atoms with Gasteiger partial charge in [-0.2, -0.15) is 17.7 Å². The first-order valence-corrected chi connectivity index (χ1v) is 10.3. The number of ether oxygens (including phenoxy) is 2. The fourth-order valence-electron chi connectivity index (χ4n) is 3.09. The van der Waals surface area contributed by atoms with E-state index in [4.69, 9.17) is 9.47 Å². The molecule has 0 saturated heterocycles. The van der Waals surface area contributed by atoms with E-state index in [-0.39, 0.29) is 18.9 Å². The molecule has 1 amide bonds. The Labute approximate surface area is 192 Å². The van der Waals surface area contributed by atoms with Crippen LogP contribution in [0.2, 0.25) is 0 Å². The molecular weight excluding hydrogens is 451 g/mol. The van der Waals surface area contributed by atoms with Gasteiger partial charge in [-0.1, -0.05) is 36.4 Å². The van der Waals surface area contributed by atoms with Crippen LogP contribution < -0.4 is 14.8 Å². The number of hydrogen-bond donors (Lipinski definition) is 1. The zero-order valence-corrected chi connectivity index (χ0v) is 18.0. The van der Waals surface area contributed by atoms with E-state index in [1.807, 2.05) is 30.3 Å². The molecule has 0 fully saturated rings. The molecule has 0 radical (unpaired) electrons. The molecule has 1 unspecified atom stereocenters. The molecule has 2 aromatic carbocycles. The van der Waals surface area contributed by atoms with Gasteiger partial charge in [-0.25, -0.2) is 0 Å². The lowest BCUT2D eigenvalue weighted by atomic mass is 10.2. The third-order valence-electron chi connectivity index (χ3n) is 4.77. The van der Waals surface area contributed by atoms with Crippen molar-refractivity contribution >= 4 is 11.6 Å². The maximum absolute atomic E-state index is 12.8. The van der Waals surface area contributed by atoms with Crippen LogP contribution in [-0.4, -0.2) is 45.0 Å². The molecule has 0 aliphatic carbocycles. The van der Waals surface area contributed by atoms with E-state index < -0.39 is 23.8 Å². The number of carbonyl (C=O) groups excluding carboxylic acids is 1. The second-order valence-corrected chi connectivity index (χ2v) is 7.26. The molecular formula is C23H20F3N5O3. The van der Waals surface area contributed by atoms with E-state index in [9.17, 15) is 18.0 Å². The SMILES string of the molecule is CC(Oc1cccc(C(F)(F)F)c1)C(=O)NCCOc1ccc2nnc(-c3ccccc3)n2n1. The van der Waals surface area contributed by atoms with Crippen LogP contribution in [0, 0.1) is 0 Å². The fraction of sp³-hybridized carbons (Fsp3) is 0.217. The number of fused-ring (bicyclic) bond motifs is 1. The van der Waals surface area contributed by atoms with Crippen LogP contribution in [0.1, 0.15) is 12.5 Å². The molecule has 1 atom stereocenters. The van der Waals surface area contributed by atoms with Crippen LogP contribution in [0.4, 0.5) is 13.2 Å². The lowest BCUT2D eigenvalue weighted by Gasteiger charge is -2.16. The molecule has 11 heteroatoms. The third-order valence-corrected chi connectivity index (χ3v) is 4.77. The van der Waals surface area contributed by atoms with E-state index in [1.54, 1.807) is 16.6 Å². The second kappa shape index (κ2) is 9.77. The van der Waals surface area contributed by atoms with Crippen molar-refractivity contribution in [2.24, 2.45) is 0 Å². The van der Waals surface area contributed by atoms with Crippen LogP contribution in [-0.2, 0) is 11.0 Å². The van der Waals surface area contributed by atoms with Gasteiger partial charge in [0.05, 0.1) is 12.1 Å². The minimum Gasteiger partial charge on any atom is -0.481 e. The van der Waals surface area contributed by atoms with E-state index >= 15 is 0 Å². The average molecular weight is 471 g/mol. The third kappa shape index (κ3) is 5.42. The Morgan fingerprint density at radius 1 is 1.06 bits per heavy atom. The normalized spacial score (nSPS) is 12.4. The summed E-state index contributed by atoms with van der Waals surface area (Å²) < 4.78 is 51.0. The second-order valence-electron chi connectivity index (χ2n) is 7.26. The van der Waals surface area contributed by atoms with Gasteiger partial charge in [-0.3, -0.25) is 4.79 Å². The quantitative estimate of drug-likeness (QED) is 0.394. The number of benzene rings is 2. The first-order valence-electron chi connectivity index (χ1n) is 10.3. The molecule has 2 heterocycles. The highest BCUT2D eigenvalue weighted by molar-refractivity contribution is 5.80. The molecule has 2 aromatic heterocycles. The van der Waals surface area contributed by atoms with Crippen molar-refractivity contribution in [3.8, 4) is 23.0 Å². The molecule has 0 bridgehead atoms. The van der Waals surface area contributed by atoms with Gasteiger partial charge in [0.1, 0.15) is 12.4 Å². The number of alkyl halides is 3. The number of nitrogens with one attached hydrogen (secondary N) is 1. The minimum absolute atomic E-state index is 0.0469. The van der Waals surface area contributed by atoms with E-state index in [2.05, 4.69) is 20.6 Å². The predicted octanol–water partition coefficient (Wildman–Crippen LogP) is 3.77. The van der Waals surface area contributed by atoms with Gasteiger partial charge >= 0.3 is 6.18 Å². The first-order chi connectivity index (χ1) is 16.3. The largest absolute Gasteiger partial charge is 0.481 e. The molecule has 8 nitrogen and oxygen atoms in total. The summed E-state index contributed by atoms with van der Waals surface area (Å²) in [6.07, 6.45) is -5.49. The topological polar surface area (TPSA) is 90.6 Å². The van der Waals surface area contributed by atoms with Crippen LogP contribution in [0.3, 0.4) is 0 Å². The summed E-state index contributed by atoms with van der Waals surface area (Å²) >= 11 is 0. The lowest BCUT2D eigenvalue weighted by Crippen LogP contribution is -2.38. The van der Waals surface area contributed by atoms with Gasteiger partial charge in [0.2, 0.25) is 5.88 Å². The van der Waals surface area contributed by atoms with Crippen molar-refractivity contribution in [3.05, 3.63) is 72.3 Å². The number of hydrogen-bond acceptors (Lipinski definition) is 6. The number of aromatic nitrogens is 4. The van der Waals surface area contributed by atoms with Crippen LogP contribution in [0.15, 0.2) is 66.7 Å². The molecule has 4 aromatic rings. The summed E-state index contributed by atoms with van der Waals surface area (Å²) in [7, 11) is 0. The fourth-order valence-corrected chi connectivity index (χ4v) is 3.09. The molecule has 176 valence electrons. The molecule has 0 aliphatic rings. The molecule has 1 N–H and O–H groups in total. The molecule has 4 rings (SSSR count). The molecule has 34 heavy (non-hydrogen) atoms. The van der Waals surface area contributed by atoms with Crippen molar-refractivity contribution in [3.63, 3.8) is 0 Å². The Bertz CT molecular complexity index is 1280. The molecule has 0 spiro atoms. The van der Waals surface area contributed by atoms with Gasteiger partial charge in [-0.05, 0) is 31.2 Å². The van der Waals surface area contributed by atoms with E-state index in [1.165, 1.54) is 19.1 Å². The summed E-state index contributed by atoms with van der Waals surface area (Å²) in [5.41, 5.74) is 0.556. The zero-order chi connectivity index (χ0) is 24.1. The van der Waals surface area contributed by atoms with Gasteiger partial charge in [0.15, 0.2) is 17.6 Å². The number of rotatable bonds is 8. The van der Waals surface area contributed by atoms with Crippen molar-refractivity contribution in [2.75, 3.05) is 13.2 Å². The van der Waals surface area contributed by atoms with Crippen LogP contribution >= 0.6 is 0 Å². The van der Waals surface area contributed by atoms with E-state index in [0.29, 0.717) is 17.4 Å². The summed E-state index contributed by atoms with van der Waals surface area (Å²) in [4.78, 5) is 12.2. The van der Waals surface area contributed by atoms with Gasteiger partial charge in [0.25, 0.3) is 5.91 Å². The van der Waals surface area contributed by atoms with Crippen LogP contribution in [0.25, 0.3) is 17.0 Å². The summed E-state index contributed by atoms with van der Waals surface area (Å²) in [6.45, 7) is 1.70. The maximum Gasteiger partial charge on any atom is 0.416 e. The van der Waals surface area contributed by atoms with Gasteiger partial charge in [0, 0.05) is 11.6 Å².